The fraction of sp³-hybridized carbons (Fsp3) is 0.278. The maximum Gasteiger partial charge on any atom is 0.181 e. The highest BCUT2D eigenvalue weighted by Gasteiger charge is 2.11. The highest BCUT2D eigenvalue weighted by Crippen LogP contribution is 2.21. The summed E-state index contributed by atoms with van der Waals surface area (Å²) in [5.41, 5.74) is 8.40. The average Bonchev–Trinajstić information content (AvgIpc) is 2.98. The summed E-state index contributed by atoms with van der Waals surface area (Å²) in [7, 11) is 0. The van der Waals surface area contributed by atoms with E-state index in [1.165, 1.54) is 22.5 Å². The first kappa shape index (κ1) is 14.8. The molecule has 112 valence electrons. The minimum absolute atomic E-state index is 0.582. The molecule has 0 atom stereocenters. The fourth-order valence-electron chi connectivity index (χ4n) is 2.54. The Balaban J connectivity index is 1.48. The maximum absolute atomic E-state index is 5.59. The lowest BCUT2D eigenvalue weighted by atomic mass is 9.99. The molecule has 3 nitrogen and oxygen atoms in total. The lowest BCUT2D eigenvalue weighted by molar-refractivity contribution is 0.309. The van der Waals surface area contributed by atoms with Crippen LogP contribution in [0.2, 0.25) is 0 Å². The molecule has 0 saturated heterocycles. The molecule has 1 aromatic carbocycles. The van der Waals surface area contributed by atoms with E-state index in [1.807, 2.05) is 0 Å². The lowest BCUT2D eigenvalue weighted by Gasteiger charge is -2.25. The number of nitrogens with zero attached hydrogens (tertiary/aromatic N) is 2. The Morgan fingerprint density at radius 3 is 2.82 bits per heavy atom. The summed E-state index contributed by atoms with van der Waals surface area (Å²) in [5.74, 6) is 6.33. The van der Waals surface area contributed by atoms with Crippen LogP contribution in [-0.2, 0) is 0 Å². The topological polar surface area (TPSA) is 42.1 Å². The second-order valence-corrected chi connectivity index (χ2v) is 6.32. The van der Waals surface area contributed by atoms with Crippen molar-refractivity contribution in [2.75, 3.05) is 25.4 Å². The summed E-state index contributed by atoms with van der Waals surface area (Å²) in [6, 6.07) is 10.6. The number of nitrogens with two attached hydrogens (primary N) is 1. The van der Waals surface area contributed by atoms with Crippen LogP contribution in [0.15, 0.2) is 42.6 Å². The van der Waals surface area contributed by atoms with Crippen LogP contribution < -0.4 is 5.73 Å². The first-order valence-electron chi connectivity index (χ1n) is 7.48. The van der Waals surface area contributed by atoms with E-state index in [0.717, 1.165) is 37.4 Å². The van der Waals surface area contributed by atoms with Gasteiger partial charge in [0, 0.05) is 26.1 Å². The predicted molar refractivity (Wildman–Crippen MR) is 93.5 cm³/mol. The molecule has 22 heavy (non-hydrogen) atoms. The summed E-state index contributed by atoms with van der Waals surface area (Å²) in [6.07, 6.45) is 6.08. The number of thiazole rings is 1. The fourth-order valence-corrected chi connectivity index (χ4v) is 3.10. The molecule has 0 spiro atoms. The van der Waals surface area contributed by atoms with E-state index in [-0.39, 0.29) is 0 Å². The van der Waals surface area contributed by atoms with Crippen LogP contribution >= 0.6 is 11.3 Å². The third-order valence-corrected chi connectivity index (χ3v) is 4.47. The van der Waals surface area contributed by atoms with E-state index in [0.29, 0.717) is 5.13 Å². The van der Waals surface area contributed by atoms with Crippen molar-refractivity contribution in [2.24, 2.45) is 0 Å². The van der Waals surface area contributed by atoms with Gasteiger partial charge in [0.05, 0.1) is 11.1 Å². The van der Waals surface area contributed by atoms with E-state index >= 15 is 0 Å². The number of nitrogen functional groups attached to an aromatic ring is 1. The van der Waals surface area contributed by atoms with E-state index in [1.54, 1.807) is 6.20 Å². The lowest BCUT2D eigenvalue weighted by Crippen LogP contribution is -2.29. The molecule has 0 amide bonds. The van der Waals surface area contributed by atoms with Crippen LogP contribution in [0.4, 0.5) is 5.13 Å². The quantitative estimate of drug-likeness (QED) is 0.885. The maximum atomic E-state index is 5.59. The van der Waals surface area contributed by atoms with Gasteiger partial charge in [-0.3, -0.25) is 4.90 Å². The monoisotopic (exact) mass is 309 g/mol. The molecular formula is C18H19N3S. The average molecular weight is 309 g/mol. The van der Waals surface area contributed by atoms with Crippen LogP contribution in [0.5, 0.6) is 0 Å². The smallest absolute Gasteiger partial charge is 0.181 e. The van der Waals surface area contributed by atoms with Gasteiger partial charge in [-0.25, -0.2) is 4.98 Å². The summed E-state index contributed by atoms with van der Waals surface area (Å²) in [4.78, 5) is 7.39. The molecule has 2 heterocycles. The van der Waals surface area contributed by atoms with Gasteiger partial charge in [0.1, 0.15) is 0 Å². The molecule has 1 aromatic heterocycles. The molecule has 0 unspecified atom stereocenters. The van der Waals surface area contributed by atoms with Crippen molar-refractivity contribution < 1.29 is 0 Å². The Hall–Kier alpha value is -2.09. The second-order valence-electron chi connectivity index (χ2n) is 5.26. The third kappa shape index (κ3) is 3.97. The number of anilines is 1. The molecule has 0 bridgehead atoms. The van der Waals surface area contributed by atoms with Crippen molar-refractivity contribution in [1.82, 2.24) is 9.88 Å². The van der Waals surface area contributed by atoms with E-state index in [4.69, 9.17) is 5.73 Å². The van der Waals surface area contributed by atoms with Crippen LogP contribution in [0.1, 0.15) is 23.3 Å². The SMILES string of the molecule is Nc1ncc(C#CCCN2CC=C(c3ccccc3)CC2)s1. The van der Waals surface area contributed by atoms with Crippen molar-refractivity contribution in [3.63, 3.8) is 0 Å². The van der Waals surface area contributed by atoms with Crippen molar-refractivity contribution in [2.45, 2.75) is 12.8 Å². The van der Waals surface area contributed by atoms with Crippen molar-refractivity contribution >= 4 is 22.0 Å². The standard InChI is InChI=1S/C18H19N3S/c19-18-20-14-17(22-18)8-4-5-11-21-12-9-16(10-13-21)15-6-2-1-3-7-15/h1-3,6-7,9,14H,5,10-13H2,(H2,19,20). The molecule has 1 aliphatic rings. The Labute approximate surface area is 135 Å². The molecule has 2 aromatic rings. The first-order chi connectivity index (χ1) is 10.8. The van der Waals surface area contributed by atoms with Gasteiger partial charge in [0.25, 0.3) is 0 Å². The Morgan fingerprint density at radius 2 is 2.14 bits per heavy atom. The zero-order valence-corrected chi connectivity index (χ0v) is 13.3. The van der Waals surface area contributed by atoms with Crippen LogP contribution in [0, 0.1) is 11.8 Å². The van der Waals surface area contributed by atoms with E-state index in [2.05, 4.69) is 58.1 Å². The van der Waals surface area contributed by atoms with Gasteiger partial charge < -0.3 is 5.73 Å². The molecule has 3 rings (SSSR count). The van der Waals surface area contributed by atoms with Crippen molar-refractivity contribution in [3.05, 3.63) is 53.0 Å². The summed E-state index contributed by atoms with van der Waals surface area (Å²) in [5, 5.41) is 0.582. The van der Waals surface area contributed by atoms with Crippen molar-refractivity contribution in [1.29, 1.82) is 0 Å². The zero-order valence-electron chi connectivity index (χ0n) is 12.5. The Bertz CT molecular complexity index is 707. The zero-order chi connectivity index (χ0) is 15.2. The van der Waals surface area contributed by atoms with Gasteiger partial charge in [-0.2, -0.15) is 0 Å². The van der Waals surface area contributed by atoms with Gasteiger partial charge in [-0.05, 0) is 17.6 Å². The number of benzene rings is 1. The Morgan fingerprint density at radius 1 is 1.27 bits per heavy atom. The van der Waals surface area contributed by atoms with Crippen LogP contribution in [0.25, 0.3) is 5.57 Å². The van der Waals surface area contributed by atoms with Gasteiger partial charge in [0.15, 0.2) is 5.13 Å². The predicted octanol–water partition coefficient (Wildman–Crippen LogP) is 3.26. The van der Waals surface area contributed by atoms with E-state index < -0.39 is 0 Å². The van der Waals surface area contributed by atoms with Gasteiger partial charge in [-0.1, -0.05) is 59.6 Å². The van der Waals surface area contributed by atoms with Gasteiger partial charge in [-0.15, -0.1) is 0 Å². The molecule has 1 aliphatic heterocycles. The second kappa shape index (κ2) is 7.26. The number of aromatic nitrogens is 1. The third-order valence-electron chi connectivity index (χ3n) is 3.73. The molecular weight excluding hydrogens is 290 g/mol. The van der Waals surface area contributed by atoms with Crippen LogP contribution in [-0.4, -0.2) is 29.5 Å². The highest BCUT2D eigenvalue weighted by molar-refractivity contribution is 7.15. The molecule has 0 saturated carbocycles. The largest absolute Gasteiger partial charge is 0.375 e. The Kier molecular flexibility index (Phi) is 4.89. The first-order valence-corrected chi connectivity index (χ1v) is 8.30. The highest BCUT2D eigenvalue weighted by atomic mass is 32.1. The molecule has 0 radical (unpaired) electrons. The van der Waals surface area contributed by atoms with Gasteiger partial charge in [0.2, 0.25) is 0 Å². The minimum atomic E-state index is 0.582. The number of rotatable bonds is 3. The molecule has 0 fully saturated rings. The van der Waals surface area contributed by atoms with Gasteiger partial charge >= 0.3 is 0 Å². The summed E-state index contributed by atoms with van der Waals surface area (Å²) in [6.45, 7) is 3.13. The van der Waals surface area contributed by atoms with E-state index in [9.17, 15) is 0 Å². The van der Waals surface area contributed by atoms with Crippen LogP contribution in [0.3, 0.4) is 0 Å². The number of hydrogen-bond acceptors (Lipinski definition) is 4. The normalized spacial score (nSPS) is 15.0. The van der Waals surface area contributed by atoms with Crippen molar-refractivity contribution in [3.8, 4) is 11.8 Å². The summed E-state index contributed by atoms with van der Waals surface area (Å²) < 4.78 is 0. The molecule has 2 N–H and O–H groups in total. The summed E-state index contributed by atoms with van der Waals surface area (Å²) >= 11 is 1.44. The minimum Gasteiger partial charge on any atom is -0.375 e. The number of hydrogen-bond donors (Lipinski definition) is 1. The molecule has 0 aliphatic carbocycles. The molecule has 4 heteroatoms.